The van der Waals surface area contributed by atoms with Crippen LogP contribution in [-0.4, -0.2) is 50.8 Å². The van der Waals surface area contributed by atoms with Crippen molar-refractivity contribution in [2.45, 2.75) is 12.4 Å². The van der Waals surface area contributed by atoms with Gasteiger partial charge in [0.15, 0.2) is 9.84 Å². The van der Waals surface area contributed by atoms with E-state index < -0.39 is 19.9 Å². The summed E-state index contributed by atoms with van der Waals surface area (Å²) in [6.45, 7) is -0.0319. The Morgan fingerprint density at radius 2 is 1.55 bits per heavy atom. The van der Waals surface area contributed by atoms with Crippen LogP contribution in [0.3, 0.4) is 0 Å². The number of benzene rings is 1. The Labute approximate surface area is 119 Å². The molecule has 0 aromatic heterocycles. The normalized spacial score (nSPS) is 19.9. The number of hydrogen-bond acceptors (Lipinski definition) is 5. The summed E-state index contributed by atoms with van der Waals surface area (Å²) in [5.41, 5.74) is 1.34. The number of sulfone groups is 1. The molecule has 1 aromatic rings. The van der Waals surface area contributed by atoms with E-state index in [1.165, 1.54) is 4.31 Å². The van der Waals surface area contributed by atoms with Crippen molar-refractivity contribution in [3.8, 4) is 0 Å². The summed E-state index contributed by atoms with van der Waals surface area (Å²) in [5, 5.41) is 8.93. The summed E-state index contributed by atoms with van der Waals surface area (Å²) in [7, 11) is -6.59. The highest BCUT2D eigenvalue weighted by molar-refractivity contribution is 7.92. The van der Waals surface area contributed by atoms with Gasteiger partial charge in [0.2, 0.25) is 10.0 Å². The van der Waals surface area contributed by atoms with Crippen molar-refractivity contribution < 1.29 is 21.9 Å². The van der Waals surface area contributed by atoms with Crippen LogP contribution in [0.25, 0.3) is 0 Å². The van der Waals surface area contributed by atoms with Crippen LogP contribution in [0.1, 0.15) is 11.1 Å². The SMILES string of the molecule is O=S1(=O)CCN(S(=O)(=O)Cc2ccc(CO)cc2)CC1. The van der Waals surface area contributed by atoms with Crippen LogP contribution in [0, 0.1) is 0 Å². The van der Waals surface area contributed by atoms with Crippen LogP contribution >= 0.6 is 0 Å². The molecular weight excluding hydrogens is 302 g/mol. The highest BCUT2D eigenvalue weighted by Crippen LogP contribution is 2.15. The molecule has 1 fully saturated rings. The molecule has 1 saturated heterocycles. The number of rotatable bonds is 4. The van der Waals surface area contributed by atoms with Gasteiger partial charge in [-0.3, -0.25) is 0 Å². The maximum absolute atomic E-state index is 12.2. The van der Waals surface area contributed by atoms with Crippen molar-refractivity contribution in [2.24, 2.45) is 0 Å². The number of hydrogen-bond donors (Lipinski definition) is 1. The monoisotopic (exact) mass is 319 g/mol. The molecule has 0 saturated carbocycles. The van der Waals surface area contributed by atoms with Crippen molar-refractivity contribution in [1.29, 1.82) is 0 Å². The maximum Gasteiger partial charge on any atom is 0.218 e. The minimum atomic E-state index is -3.50. The summed E-state index contributed by atoms with van der Waals surface area (Å²) in [6, 6.07) is 6.66. The van der Waals surface area contributed by atoms with Crippen molar-refractivity contribution in [3.63, 3.8) is 0 Å². The van der Waals surface area contributed by atoms with Crippen molar-refractivity contribution >= 4 is 19.9 Å². The lowest BCUT2D eigenvalue weighted by molar-refractivity contribution is 0.282. The van der Waals surface area contributed by atoms with Crippen molar-refractivity contribution in [1.82, 2.24) is 4.31 Å². The Morgan fingerprint density at radius 3 is 2.05 bits per heavy atom. The first-order chi connectivity index (χ1) is 9.32. The minimum absolute atomic E-state index is 0.0272. The highest BCUT2D eigenvalue weighted by atomic mass is 32.2. The van der Waals surface area contributed by atoms with Gasteiger partial charge >= 0.3 is 0 Å². The second kappa shape index (κ2) is 5.80. The molecule has 112 valence electrons. The minimum Gasteiger partial charge on any atom is -0.392 e. The molecule has 0 atom stereocenters. The number of aliphatic hydroxyl groups excluding tert-OH is 1. The lowest BCUT2D eigenvalue weighted by atomic mass is 10.2. The topological polar surface area (TPSA) is 91.8 Å². The van der Waals surface area contributed by atoms with Crippen LogP contribution in [0.2, 0.25) is 0 Å². The molecule has 1 aliphatic rings. The second-order valence-corrected chi connectivity index (χ2v) is 9.05. The van der Waals surface area contributed by atoms with Gasteiger partial charge in [0.05, 0.1) is 23.9 Å². The van der Waals surface area contributed by atoms with E-state index in [1.54, 1.807) is 24.3 Å². The Bertz CT molecular complexity index is 650. The fourth-order valence-electron chi connectivity index (χ4n) is 2.02. The maximum atomic E-state index is 12.2. The molecular formula is C12H17NO5S2. The van der Waals surface area contributed by atoms with E-state index >= 15 is 0 Å². The zero-order chi connectivity index (χ0) is 14.8. The third kappa shape index (κ3) is 3.78. The molecule has 1 N–H and O–H groups in total. The molecule has 8 heteroatoms. The van der Waals surface area contributed by atoms with Gasteiger partial charge in [0, 0.05) is 13.1 Å². The zero-order valence-electron chi connectivity index (χ0n) is 10.9. The van der Waals surface area contributed by atoms with E-state index in [1.807, 2.05) is 0 Å². The summed E-state index contributed by atoms with van der Waals surface area (Å²) in [6.07, 6.45) is 0. The van der Waals surface area contributed by atoms with Gasteiger partial charge in [0.25, 0.3) is 0 Å². The first kappa shape index (κ1) is 15.4. The fraction of sp³-hybridized carbons (Fsp3) is 0.500. The van der Waals surface area contributed by atoms with Crippen LogP contribution in [0.15, 0.2) is 24.3 Å². The third-order valence-corrected chi connectivity index (χ3v) is 6.71. The smallest absolute Gasteiger partial charge is 0.218 e. The number of aliphatic hydroxyl groups is 1. The van der Waals surface area contributed by atoms with E-state index in [-0.39, 0.29) is 37.0 Å². The van der Waals surface area contributed by atoms with Crippen molar-refractivity contribution in [2.75, 3.05) is 24.6 Å². The van der Waals surface area contributed by atoms with Gasteiger partial charge in [-0.2, -0.15) is 4.31 Å². The standard InChI is InChI=1S/C12H17NO5S2/c14-9-11-1-3-12(4-2-11)10-20(17,18)13-5-7-19(15,16)8-6-13/h1-4,14H,5-10H2. The van der Waals surface area contributed by atoms with Gasteiger partial charge in [-0.15, -0.1) is 0 Å². The highest BCUT2D eigenvalue weighted by Gasteiger charge is 2.29. The summed E-state index contributed by atoms with van der Waals surface area (Å²) in [5.74, 6) is -0.385. The lowest BCUT2D eigenvalue weighted by Crippen LogP contribution is -2.44. The molecule has 0 spiro atoms. The van der Waals surface area contributed by atoms with Gasteiger partial charge < -0.3 is 5.11 Å². The van der Waals surface area contributed by atoms with E-state index in [9.17, 15) is 16.8 Å². The molecule has 0 bridgehead atoms. The molecule has 0 unspecified atom stereocenters. The Kier molecular flexibility index (Phi) is 4.48. The number of sulfonamides is 1. The molecule has 0 aliphatic carbocycles. The number of nitrogens with zero attached hydrogens (tertiary/aromatic N) is 1. The first-order valence-corrected chi connectivity index (χ1v) is 9.62. The fourth-order valence-corrected chi connectivity index (χ4v) is 4.98. The van der Waals surface area contributed by atoms with Crippen LogP contribution in [-0.2, 0) is 32.2 Å². The van der Waals surface area contributed by atoms with E-state index in [0.717, 1.165) is 5.56 Å². The quantitative estimate of drug-likeness (QED) is 0.825. The van der Waals surface area contributed by atoms with E-state index in [2.05, 4.69) is 0 Å². The molecule has 6 nitrogen and oxygen atoms in total. The third-order valence-electron chi connectivity index (χ3n) is 3.25. The zero-order valence-corrected chi connectivity index (χ0v) is 12.5. The summed E-state index contributed by atoms with van der Waals surface area (Å²) in [4.78, 5) is 0. The van der Waals surface area contributed by atoms with Gasteiger partial charge in [-0.05, 0) is 11.1 Å². The Morgan fingerprint density at radius 1 is 1.05 bits per heavy atom. The van der Waals surface area contributed by atoms with Crippen molar-refractivity contribution in [3.05, 3.63) is 35.4 Å². The van der Waals surface area contributed by atoms with Crippen LogP contribution in [0.5, 0.6) is 0 Å². The molecule has 1 heterocycles. The van der Waals surface area contributed by atoms with Gasteiger partial charge in [-0.1, -0.05) is 24.3 Å². The van der Waals surface area contributed by atoms with Gasteiger partial charge in [-0.25, -0.2) is 16.8 Å². The summed E-state index contributed by atoms with van der Waals surface area (Å²) >= 11 is 0. The van der Waals surface area contributed by atoms with E-state index in [0.29, 0.717) is 5.56 Å². The molecule has 0 amide bonds. The van der Waals surface area contributed by atoms with Crippen LogP contribution < -0.4 is 0 Å². The predicted octanol–water partition coefficient (Wildman–Crippen LogP) is -0.261. The molecule has 2 rings (SSSR count). The van der Waals surface area contributed by atoms with Crippen LogP contribution in [0.4, 0.5) is 0 Å². The molecule has 1 aromatic carbocycles. The molecule has 20 heavy (non-hydrogen) atoms. The molecule has 0 radical (unpaired) electrons. The Balaban J connectivity index is 2.07. The average Bonchev–Trinajstić information content (AvgIpc) is 2.38. The van der Waals surface area contributed by atoms with Gasteiger partial charge in [0.1, 0.15) is 0 Å². The summed E-state index contributed by atoms with van der Waals surface area (Å²) < 4.78 is 48.2. The first-order valence-electron chi connectivity index (χ1n) is 6.19. The second-order valence-electron chi connectivity index (χ2n) is 4.78. The lowest BCUT2D eigenvalue weighted by Gasteiger charge is -2.25. The molecule has 1 aliphatic heterocycles. The average molecular weight is 319 g/mol. The predicted molar refractivity (Wildman–Crippen MR) is 75.2 cm³/mol. The Hall–Kier alpha value is -0.960. The largest absolute Gasteiger partial charge is 0.392 e. The van der Waals surface area contributed by atoms with E-state index in [4.69, 9.17) is 5.11 Å².